The molecule has 0 amide bonds. The van der Waals surface area contributed by atoms with E-state index in [2.05, 4.69) is 14.8 Å². The largest absolute Gasteiger partial charge is 0.369 e. The number of fused-ring (bicyclic) bond motifs is 1. The summed E-state index contributed by atoms with van der Waals surface area (Å²) in [4.78, 5) is 31.7. The van der Waals surface area contributed by atoms with Crippen LogP contribution in [0.1, 0.15) is 0 Å². The van der Waals surface area contributed by atoms with Gasteiger partial charge in [0, 0.05) is 44.0 Å². The first-order chi connectivity index (χ1) is 13.1. The van der Waals surface area contributed by atoms with Gasteiger partial charge in [0.25, 0.3) is 11.2 Å². The van der Waals surface area contributed by atoms with Crippen LogP contribution >= 0.6 is 24.8 Å². The Balaban J connectivity index is 0.00000150. The first-order valence-corrected chi connectivity index (χ1v) is 8.78. The van der Waals surface area contributed by atoms with Gasteiger partial charge in [0.2, 0.25) is 0 Å². The molecule has 0 saturated carbocycles. The van der Waals surface area contributed by atoms with E-state index in [0.29, 0.717) is 17.6 Å². The van der Waals surface area contributed by atoms with Crippen molar-refractivity contribution in [1.29, 1.82) is 0 Å². The predicted octanol–water partition coefficient (Wildman–Crippen LogP) is 2.93. The van der Waals surface area contributed by atoms with Gasteiger partial charge in [-0.3, -0.25) is 24.4 Å². The van der Waals surface area contributed by atoms with Crippen LogP contribution in [0.2, 0.25) is 0 Å². The lowest BCUT2D eigenvalue weighted by Crippen LogP contribution is -2.47. The number of rotatable bonds is 4. The number of piperazine rings is 1. The first-order valence-electron chi connectivity index (χ1n) is 8.78. The second-order valence-electron chi connectivity index (χ2n) is 6.56. The normalized spacial score (nSPS) is 14.1. The van der Waals surface area contributed by atoms with Crippen LogP contribution in [-0.4, -0.2) is 45.6 Å². The highest BCUT2D eigenvalue weighted by atomic mass is 35.5. The maximum absolute atomic E-state index is 12.6. The maximum Gasteiger partial charge on any atom is 0.269 e. The summed E-state index contributed by atoms with van der Waals surface area (Å²) >= 11 is 0. The Bertz CT molecular complexity index is 1030. The molecular formula is C19H21Cl2N5O3. The third kappa shape index (κ3) is 4.84. The number of aromatic nitrogens is 2. The molecule has 0 aliphatic carbocycles. The van der Waals surface area contributed by atoms with E-state index in [1.54, 1.807) is 29.1 Å². The molecule has 29 heavy (non-hydrogen) atoms. The molecule has 1 fully saturated rings. The Morgan fingerprint density at radius 2 is 1.62 bits per heavy atom. The quantitative estimate of drug-likeness (QED) is 0.460. The Labute approximate surface area is 179 Å². The van der Waals surface area contributed by atoms with Crippen LogP contribution in [0.4, 0.5) is 11.4 Å². The van der Waals surface area contributed by atoms with Gasteiger partial charge < -0.3 is 4.90 Å². The van der Waals surface area contributed by atoms with E-state index in [-0.39, 0.29) is 36.1 Å². The number of anilines is 1. The number of non-ortho nitro benzene ring substituents is 1. The van der Waals surface area contributed by atoms with Crippen molar-refractivity contribution >= 4 is 47.1 Å². The smallest absolute Gasteiger partial charge is 0.269 e. The summed E-state index contributed by atoms with van der Waals surface area (Å²) in [5, 5.41) is 11.4. The van der Waals surface area contributed by atoms with Gasteiger partial charge in [-0.25, -0.2) is 4.98 Å². The standard InChI is InChI=1S/C19H19N5O3.2ClH/c25-19-17-3-1-2-4-18(17)20-13-23(19)14-21-9-11-22(12-10-21)15-5-7-16(8-6-15)24(26)27;;/h1-8,13H,9-12,14H2;2*1H. The molecule has 1 aliphatic rings. The summed E-state index contributed by atoms with van der Waals surface area (Å²) < 4.78 is 1.64. The zero-order valence-corrected chi connectivity index (χ0v) is 17.1. The van der Waals surface area contributed by atoms with E-state index in [0.717, 1.165) is 31.9 Å². The van der Waals surface area contributed by atoms with E-state index in [4.69, 9.17) is 0 Å². The molecule has 2 aromatic carbocycles. The van der Waals surface area contributed by atoms with E-state index < -0.39 is 4.92 Å². The lowest BCUT2D eigenvalue weighted by molar-refractivity contribution is -0.384. The van der Waals surface area contributed by atoms with Gasteiger partial charge in [0.1, 0.15) is 0 Å². The van der Waals surface area contributed by atoms with Crippen LogP contribution in [0.3, 0.4) is 0 Å². The van der Waals surface area contributed by atoms with Crippen molar-refractivity contribution in [2.45, 2.75) is 6.67 Å². The monoisotopic (exact) mass is 437 g/mol. The van der Waals surface area contributed by atoms with Crippen molar-refractivity contribution in [3.05, 3.63) is 75.3 Å². The van der Waals surface area contributed by atoms with Crippen molar-refractivity contribution in [3.8, 4) is 0 Å². The van der Waals surface area contributed by atoms with Gasteiger partial charge in [-0.05, 0) is 24.3 Å². The SMILES string of the molecule is Cl.Cl.O=c1c2ccccc2ncn1CN1CCN(c2ccc([N+](=O)[O-])cc2)CC1. The van der Waals surface area contributed by atoms with Gasteiger partial charge in [0.15, 0.2) is 0 Å². The molecule has 4 rings (SSSR count). The molecule has 3 aromatic rings. The van der Waals surface area contributed by atoms with E-state index >= 15 is 0 Å². The van der Waals surface area contributed by atoms with Gasteiger partial charge >= 0.3 is 0 Å². The molecule has 10 heteroatoms. The number of benzene rings is 2. The number of nitro groups is 1. The fourth-order valence-corrected chi connectivity index (χ4v) is 3.35. The summed E-state index contributed by atoms with van der Waals surface area (Å²) in [6, 6.07) is 14.0. The molecule has 0 bridgehead atoms. The minimum Gasteiger partial charge on any atom is -0.369 e. The van der Waals surface area contributed by atoms with Crippen LogP contribution < -0.4 is 10.5 Å². The van der Waals surface area contributed by atoms with Gasteiger partial charge in [-0.15, -0.1) is 24.8 Å². The van der Waals surface area contributed by atoms with Gasteiger partial charge in [-0.2, -0.15) is 0 Å². The Morgan fingerprint density at radius 1 is 0.966 bits per heavy atom. The van der Waals surface area contributed by atoms with Crippen LogP contribution in [0, 0.1) is 10.1 Å². The number of hydrogen-bond donors (Lipinski definition) is 0. The summed E-state index contributed by atoms with van der Waals surface area (Å²) in [6.07, 6.45) is 1.60. The highest BCUT2D eigenvalue weighted by molar-refractivity contribution is 5.85. The molecule has 0 radical (unpaired) electrons. The Morgan fingerprint density at radius 3 is 2.28 bits per heavy atom. The fourth-order valence-electron chi connectivity index (χ4n) is 3.35. The first kappa shape index (κ1) is 22.6. The van der Waals surface area contributed by atoms with Gasteiger partial charge in [0.05, 0.1) is 28.8 Å². The third-order valence-electron chi connectivity index (χ3n) is 4.88. The van der Waals surface area contributed by atoms with E-state index in [1.807, 2.05) is 18.2 Å². The molecule has 2 heterocycles. The summed E-state index contributed by atoms with van der Waals surface area (Å²) in [5.41, 5.74) is 1.76. The minimum atomic E-state index is -0.392. The number of halogens is 2. The molecule has 154 valence electrons. The number of hydrogen-bond acceptors (Lipinski definition) is 6. The number of nitrogens with zero attached hydrogens (tertiary/aromatic N) is 5. The molecule has 1 aromatic heterocycles. The van der Waals surface area contributed by atoms with E-state index in [1.165, 1.54) is 12.1 Å². The highest BCUT2D eigenvalue weighted by Crippen LogP contribution is 2.20. The van der Waals surface area contributed by atoms with Crippen molar-refractivity contribution in [2.75, 3.05) is 31.1 Å². The summed E-state index contributed by atoms with van der Waals surface area (Å²) in [5.74, 6) is 0. The van der Waals surface area contributed by atoms with Crippen molar-refractivity contribution in [2.24, 2.45) is 0 Å². The predicted molar refractivity (Wildman–Crippen MR) is 117 cm³/mol. The molecular weight excluding hydrogens is 417 g/mol. The second kappa shape index (κ2) is 9.69. The van der Waals surface area contributed by atoms with Crippen LogP contribution in [0.5, 0.6) is 0 Å². The van der Waals surface area contributed by atoms with Crippen LogP contribution in [0.25, 0.3) is 10.9 Å². The molecule has 1 saturated heterocycles. The summed E-state index contributed by atoms with van der Waals surface area (Å²) in [6.45, 7) is 3.71. The molecule has 8 nitrogen and oxygen atoms in total. The zero-order valence-electron chi connectivity index (χ0n) is 15.5. The Kier molecular flexibility index (Phi) is 7.55. The molecule has 0 atom stereocenters. The number of nitro benzene ring substituents is 1. The average molecular weight is 438 g/mol. The molecule has 1 aliphatic heterocycles. The average Bonchev–Trinajstić information content (AvgIpc) is 2.71. The molecule has 0 spiro atoms. The van der Waals surface area contributed by atoms with E-state index in [9.17, 15) is 14.9 Å². The zero-order chi connectivity index (χ0) is 18.8. The third-order valence-corrected chi connectivity index (χ3v) is 4.88. The van der Waals surface area contributed by atoms with Crippen LogP contribution in [-0.2, 0) is 6.67 Å². The van der Waals surface area contributed by atoms with Crippen molar-refractivity contribution in [1.82, 2.24) is 14.5 Å². The number of para-hydroxylation sites is 1. The lowest BCUT2D eigenvalue weighted by atomic mass is 10.2. The topological polar surface area (TPSA) is 84.5 Å². The van der Waals surface area contributed by atoms with Crippen LogP contribution in [0.15, 0.2) is 59.7 Å². The maximum atomic E-state index is 12.6. The minimum absolute atomic E-state index is 0. The Hall–Kier alpha value is -2.68. The highest BCUT2D eigenvalue weighted by Gasteiger charge is 2.18. The van der Waals surface area contributed by atoms with Gasteiger partial charge in [-0.1, -0.05) is 12.1 Å². The lowest BCUT2D eigenvalue weighted by Gasteiger charge is -2.36. The second-order valence-corrected chi connectivity index (χ2v) is 6.56. The summed E-state index contributed by atoms with van der Waals surface area (Å²) in [7, 11) is 0. The fraction of sp³-hybridized carbons (Fsp3) is 0.263. The molecule has 0 unspecified atom stereocenters. The molecule has 0 N–H and O–H groups in total. The van der Waals surface area contributed by atoms with Crippen molar-refractivity contribution < 1.29 is 4.92 Å². The van der Waals surface area contributed by atoms with Crippen molar-refractivity contribution in [3.63, 3.8) is 0 Å².